The van der Waals surface area contributed by atoms with E-state index in [1.807, 2.05) is 44.3 Å². The molecule has 0 atom stereocenters. The Labute approximate surface area is 237 Å². The molecule has 2 aromatic heterocycles. The number of aromatic nitrogens is 2. The van der Waals surface area contributed by atoms with Gasteiger partial charge in [0.05, 0.1) is 12.3 Å². The molecule has 1 amide bonds. The summed E-state index contributed by atoms with van der Waals surface area (Å²) in [6, 6.07) is 10.4. The number of carbonyl (C=O) groups excluding carboxylic acids is 1. The van der Waals surface area contributed by atoms with E-state index in [1.54, 1.807) is 7.11 Å². The first-order valence-corrected chi connectivity index (χ1v) is 14.3. The first-order valence-electron chi connectivity index (χ1n) is 14.3. The molecule has 3 aromatic rings. The minimum Gasteiger partial charge on any atom is -0.381 e. The number of methoxy groups -OCH3 is 1. The summed E-state index contributed by atoms with van der Waals surface area (Å²) in [5, 5.41) is 3.05. The normalized spacial score (nSPS) is 13.8. The number of anilines is 1. The van der Waals surface area contributed by atoms with Gasteiger partial charge in [0.2, 0.25) is 0 Å². The Kier molecular flexibility index (Phi) is 10.1. The zero-order chi connectivity index (χ0) is 28.6. The Morgan fingerprint density at radius 1 is 1.15 bits per heavy atom. The lowest BCUT2D eigenvalue weighted by molar-refractivity contribution is 0.0846. The summed E-state index contributed by atoms with van der Waals surface area (Å²) in [5.74, 6) is -0.199. The van der Waals surface area contributed by atoms with Crippen LogP contribution in [0.1, 0.15) is 71.5 Å². The molecule has 0 bridgehead atoms. The molecule has 1 aromatic carbocycles. The average molecular weight is 547 g/mol. The van der Waals surface area contributed by atoms with Gasteiger partial charge in [-0.15, -0.1) is 0 Å². The summed E-state index contributed by atoms with van der Waals surface area (Å²) in [6.45, 7) is 11.1. The van der Waals surface area contributed by atoms with E-state index in [0.717, 1.165) is 84.8 Å². The number of H-pyrrole nitrogens is 1. The van der Waals surface area contributed by atoms with Crippen molar-refractivity contribution >= 4 is 11.6 Å². The smallest absolute Gasteiger partial charge is 0.253 e. The Morgan fingerprint density at radius 3 is 2.58 bits per heavy atom. The van der Waals surface area contributed by atoms with E-state index in [0.29, 0.717) is 23.8 Å². The number of carbonyl (C=O) groups is 1. The fraction of sp³-hybridized carbons (Fsp3) is 0.469. The van der Waals surface area contributed by atoms with Crippen LogP contribution in [0.4, 0.5) is 5.69 Å². The number of aromatic amines is 1. The molecule has 8 heteroatoms. The standard InChI is InChI=1S/C32H42N4O4/c1-6-8-23-15-21(3)35-32(38)29(23)19-34-31(37)28-16-25(24-9-10-26(20-39-5)33-18-24)17-30(22(28)4)36(7-2)27-11-13-40-14-12-27/h9-10,15-18,27H,6-8,11-14,19-20H2,1-5H3,(H,34,37)(H,35,38). The molecule has 8 nitrogen and oxygen atoms in total. The molecule has 0 aliphatic carbocycles. The third kappa shape index (κ3) is 6.80. The minimum atomic E-state index is -0.199. The van der Waals surface area contributed by atoms with E-state index in [4.69, 9.17) is 9.47 Å². The highest BCUT2D eigenvalue weighted by Gasteiger charge is 2.25. The van der Waals surface area contributed by atoms with Gasteiger partial charge in [0.1, 0.15) is 0 Å². The van der Waals surface area contributed by atoms with Gasteiger partial charge in [-0.3, -0.25) is 14.6 Å². The van der Waals surface area contributed by atoms with Gasteiger partial charge < -0.3 is 24.7 Å². The van der Waals surface area contributed by atoms with Gasteiger partial charge in [-0.05, 0) is 81.0 Å². The van der Waals surface area contributed by atoms with Gasteiger partial charge in [-0.1, -0.05) is 19.4 Å². The Balaban J connectivity index is 1.72. The fourth-order valence-corrected chi connectivity index (χ4v) is 5.59. The molecule has 1 aliphatic heterocycles. The SMILES string of the molecule is CCCc1cc(C)[nH]c(=O)c1CNC(=O)c1cc(-c2ccc(COC)nc2)cc(N(CC)C2CCOCC2)c1C. The average Bonchev–Trinajstić information content (AvgIpc) is 2.95. The molecule has 214 valence electrons. The molecule has 0 unspecified atom stereocenters. The van der Waals surface area contributed by atoms with Gasteiger partial charge in [0.15, 0.2) is 0 Å². The largest absolute Gasteiger partial charge is 0.381 e. The van der Waals surface area contributed by atoms with Crippen LogP contribution >= 0.6 is 0 Å². The van der Waals surface area contributed by atoms with Gasteiger partial charge in [-0.2, -0.15) is 0 Å². The number of hydrogen-bond acceptors (Lipinski definition) is 6. The van der Waals surface area contributed by atoms with E-state index in [1.165, 1.54) is 0 Å². The number of amides is 1. The highest BCUT2D eigenvalue weighted by molar-refractivity contribution is 5.99. The number of nitrogens with one attached hydrogen (secondary N) is 2. The Hall–Kier alpha value is -3.49. The fourth-order valence-electron chi connectivity index (χ4n) is 5.59. The van der Waals surface area contributed by atoms with Gasteiger partial charge >= 0.3 is 0 Å². The lowest BCUT2D eigenvalue weighted by Crippen LogP contribution is -2.40. The van der Waals surface area contributed by atoms with Crippen molar-refractivity contribution < 1.29 is 14.3 Å². The van der Waals surface area contributed by atoms with Gasteiger partial charge in [0.25, 0.3) is 11.5 Å². The van der Waals surface area contributed by atoms with Crippen molar-refractivity contribution in [2.75, 3.05) is 31.8 Å². The first kappa shape index (κ1) is 29.5. The number of aryl methyl sites for hydroxylation is 2. The highest BCUT2D eigenvalue weighted by Crippen LogP contribution is 2.34. The van der Waals surface area contributed by atoms with E-state index in [9.17, 15) is 9.59 Å². The summed E-state index contributed by atoms with van der Waals surface area (Å²) < 4.78 is 10.8. The van der Waals surface area contributed by atoms with Crippen LogP contribution in [0.2, 0.25) is 0 Å². The number of hydrogen-bond donors (Lipinski definition) is 2. The van der Waals surface area contributed by atoms with Crippen LogP contribution in [-0.4, -0.2) is 48.8 Å². The summed E-state index contributed by atoms with van der Waals surface area (Å²) >= 11 is 0. The molecule has 0 radical (unpaired) electrons. The van der Waals surface area contributed by atoms with E-state index in [2.05, 4.69) is 40.1 Å². The molecule has 1 saturated heterocycles. The van der Waals surface area contributed by atoms with Crippen molar-refractivity contribution in [3.05, 3.63) is 80.5 Å². The first-order chi connectivity index (χ1) is 19.4. The summed E-state index contributed by atoms with van der Waals surface area (Å²) in [7, 11) is 1.65. The quantitative estimate of drug-likeness (QED) is 0.348. The van der Waals surface area contributed by atoms with Crippen LogP contribution in [0.5, 0.6) is 0 Å². The molecule has 1 aliphatic rings. The molecule has 0 spiro atoms. The van der Waals surface area contributed by atoms with E-state index < -0.39 is 0 Å². The summed E-state index contributed by atoms with van der Waals surface area (Å²) in [4.78, 5) is 36.4. The maximum absolute atomic E-state index is 13.8. The lowest BCUT2D eigenvalue weighted by atomic mass is 9.95. The Morgan fingerprint density at radius 2 is 1.93 bits per heavy atom. The second-order valence-corrected chi connectivity index (χ2v) is 10.5. The molecule has 0 saturated carbocycles. The van der Waals surface area contributed by atoms with Gasteiger partial charge in [0, 0.05) is 73.7 Å². The maximum Gasteiger partial charge on any atom is 0.253 e. The molecule has 4 rings (SSSR count). The summed E-state index contributed by atoms with van der Waals surface area (Å²) in [6.07, 6.45) is 5.44. The minimum absolute atomic E-state index is 0.145. The summed E-state index contributed by atoms with van der Waals surface area (Å²) in [5.41, 5.74) is 7.54. The predicted octanol–water partition coefficient (Wildman–Crippen LogP) is 5.09. The zero-order valence-electron chi connectivity index (χ0n) is 24.4. The van der Waals surface area contributed by atoms with Crippen molar-refractivity contribution in [1.29, 1.82) is 0 Å². The second-order valence-electron chi connectivity index (χ2n) is 10.5. The zero-order valence-corrected chi connectivity index (χ0v) is 24.4. The van der Waals surface area contributed by atoms with E-state index in [-0.39, 0.29) is 18.0 Å². The number of ether oxygens (including phenoxy) is 2. The van der Waals surface area contributed by atoms with Crippen LogP contribution in [0.3, 0.4) is 0 Å². The van der Waals surface area contributed by atoms with Crippen molar-refractivity contribution in [2.24, 2.45) is 0 Å². The van der Waals surface area contributed by atoms with Crippen molar-refractivity contribution in [3.63, 3.8) is 0 Å². The maximum atomic E-state index is 13.8. The molecular weight excluding hydrogens is 504 g/mol. The Bertz CT molecular complexity index is 1360. The second kappa shape index (κ2) is 13.7. The van der Waals surface area contributed by atoms with Crippen molar-refractivity contribution in [2.45, 2.75) is 72.6 Å². The number of benzene rings is 1. The molecule has 1 fully saturated rings. The molecule has 3 heterocycles. The van der Waals surface area contributed by atoms with Gasteiger partial charge in [-0.25, -0.2) is 0 Å². The lowest BCUT2D eigenvalue weighted by Gasteiger charge is -2.37. The number of nitrogens with zero attached hydrogens (tertiary/aromatic N) is 2. The third-order valence-corrected chi connectivity index (χ3v) is 7.67. The highest BCUT2D eigenvalue weighted by atomic mass is 16.5. The van der Waals surface area contributed by atoms with Crippen LogP contribution in [0, 0.1) is 13.8 Å². The van der Waals surface area contributed by atoms with Crippen molar-refractivity contribution in [1.82, 2.24) is 15.3 Å². The van der Waals surface area contributed by atoms with Crippen LogP contribution < -0.4 is 15.8 Å². The van der Waals surface area contributed by atoms with Crippen LogP contribution in [0.15, 0.2) is 41.3 Å². The van der Waals surface area contributed by atoms with Crippen LogP contribution in [-0.2, 0) is 29.0 Å². The predicted molar refractivity (Wildman–Crippen MR) is 159 cm³/mol. The number of rotatable bonds is 11. The molecule has 2 N–H and O–H groups in total. The molecular formula is C32H42N4O4. The van der Waals surface area contributed by atoms with Crippen LogP contribution in [0.25, 0.3) is 11.1 Å². The topological polar surface area (TPSA) is 96.5 Å². The van der Waals surface area contributed by atoms with Crippen molar-refractivity contribution in [3.8, 4) is 11.1 Å². The third-order valence-electron chi connectivity index (χ3n) is 7.67. The monoisotopic (exact) mass is 546 g/mol. The molecule has 40 heavy (non-hydrogen) atoms. The van der Waals surface area contributed by atoms with E-state index >= 15 is 0 Å². The number of pyridine rings is 2.